The zero-order valence-corrected chi connectivity index (χ0v) is 12.0. The molecule has 96 valence electrons. The number of fused-ring (bicyclic) bond motifs is 3. The first-order chi connectivity index (χ1) is 9.07. The average Bonchev–Trinajstić information content (AvgIpc) is 2.39. The number of ether oxygens (including phenoxy) is 1. The van der Waals surface area contributed by atoms with Gasteiger partial charge in [-0.15, -0.1) is 0 Å². The summed E-state index contributed by atoms with van der Waals surface area (Å²) in [5.74, 6) is 0.857. The van der Waals surface area contributed by atoms with Crippen LogP contribution in [0.2, 0.25) is 0 Å². The second-order valence-electron chi connectivity index (χ2n) is 4.77. The number of rotatable bonds is 0. The standard InChI is InChI=1S/C15H13BO.C2H6/c1-10-4-3-5-12-11(10)6-7-14-13(12)8-9-15(2,16)17-14;1-2/h3-9H,1-2H3;1-2H3. The van der Waals surface area contributed by atoms with E-state index in [9.17, 15) is 0 Å². The van der Waals surface area contributed by atoms with E-state index in [0.29, 0.717) is 0 Å². The predicted molar refractivity (Wildman–Crippen MR) is 83.9 cm³/mol. The van der Waals surface area contributed by atoms with Crippen LogP contribution in [-0.2, 0) is 0 Å². The summed E-state index contributed by atoms with van der Waals surface area (Å²) in [6.07, 6.45) is 3.96. The zero-order chi connectivity index (χ0) is 14.0. The van der Waals surface area contributed by atoms with E-state index in [0.717, 1.165) is 11.3 Å². The highest BCUT2D eigenvalue weighted by atomic mass is 16.5. The SMILES string of the molecule is CC.[B]C1(C)C=Cc2c(ccc3c(C)cccc23)O1. The minimum absolute atomic E-state index is 0.704. The molecule has 3 rings (SSSR count). The van der Waals surface area contributed by atoms with Gasteiger partial charge in [0.15, 0.2) is 0 Å². The Balaban J connectivity index is 0.000000637. The molecule has 1 aliphatic rings. The molecule has 0 saturated carbocycles. The molecule has 1 aliphatic heterocycles. The van der Waals surface area contributed by atoms with Crippen LogP contribution in [0.25, 0.3) is 16.8 Å². The Morgan fingerprint density at radius 1 is 1.05 bits per heavy atom. The third kappa shape index (κ3) is 2.53. The van der Waals surface area contributed by atoms with Gasteiger partial charge in [0, 0.05) is 5.56 Å². The Labute approximate surface area is 116 Å². The van der Waals surface area contributed by atoms with E-state index in [4.69, 9.17) is 12.6 Å². The first-order valence-corrected chi connectivity index (χ1v) is 6.76. The molecule has 1 nitrogen and oxygen atoms in total. The molecule has 0 bridgehead atoms. The fourth-order valence-electron chi connectivity index (χ4n) is 2.30. The molecule has 0 spiro atoms. The van der Waals surface area contributed by atoms with Crippen LogP contribution in [0.5, 0.6) is 5.75 Å². The molecule has 2 aromatic carbocycles. The molecule has 19 heavy (non-hydrogen) atoms. The largest absolute Gasteiger partial charge is 0.493 e. The normalized spacial score (nSPS) is 20.2. The molecule has 1 heterocycles. The molecule has 2 heteroatoms. The van der Waals surface area contributed by atoms with E-state index in [1.165, 1.54) is 16.3 Å². The molecular formula is C17H19BO. The molecule has 0 N–H and O–H groups in total. The van der Waals surface area contributed by atoms with Crippen molar-refractivity contribution in [2.45, 2.75) is 33.2 Å². The van der Waals surface area contributed by atoms with Crippen molar-refractivity contribution >= 4 is 24.7 Å². The van der Waals surface area contributed by atoms with Crippen molar-refractivity contribution in [3.8, 4) is 5.75 Å². The average molecular weight is 250 g/mol. The molecule has 0 fully saturated rings. The van der Waals surface area contributed by atoms with Crippen LogP contribution >= 0.6 is 0 Å². The maximum Gasteiger partial charge on any atom is 0.137 e. The Kier molecular flexibility index (Phi) is 3.70. The number of aryl methyl sites for hydroxylation is 1. The molecule has 0 amide bonds. The van der Waals surface area contributed by atoms with Gasteiger partial charge < -0.3 is 4.74 Å². The quantitative estimate of drug-likeness (QED) is 0.627. The molecule has 1 unspecified atom stereocenters. The van der Waals surface area contributed by atoms with Crippen LogP contribution < -0.4 is 4.74 Å². The first kappa shape index (κ1) is 13.7. The van der Waals surface area contributed by atoms with E-state index in [1.807, 2.05) is 32.9 Å². The summed E-state index contributed by atoms with van der Waals surface area (Å²) in [5.41, 5.74) is 1.69. The van der Waals surface area contributed by atoms with Crippen LogP contribution in [0.1, 0.15) is 31.9 Å². The summed E-state index contributed by atoms with van der Waals surface area (Å²) in [6, 6.07) is 10.4. The number of hydrogen-bond acceptors (Lipinski definition) is 1. The van der Waals surface area contributed by atoms with Crippen molar-refractivity contribution in [2.24, 2.45) is 0 Å². The van der Waals surface area contributed by atoms with Crippen LogP contribution in [0.4, 0.5) is 0 Å². The van der Waals surface area contributed by atoms with Gasteiger partial charge >= 0.3 is 0 Å². The van der Waals surface area contributed by atoms with Gasteiger partial charge in [0.1, 0.15) is 13.6 Å². The Bertz CT molecular complexity index is 626. The van der Waals surface area contributed by atoms with Crippen molar-refractivity contribution in [1.82, 2.24) is 0 Å². The van der Waals surface area contributed by atoms with Gasteiger partial charge in [0.05, 0.1) is 5.50 Å². The van der Waals surface area contributed by atoms with E-state index in [-0.39, 0.29) is 0 Å². The molecule has 2 radical (unpaired) electrons. The van der Waals surface area contributed by atoms with Gasteiger partial charge in [-0.3, -0.25) is 0 Å². The van der Waals surface area contributed by atoms with Crippen molar-refractivity contribution in [2.75, 3.05) is 0 Å². The van der Waals surface area contributed by atoms with E-state index in [1.54, 1.807) is 0 Å². The zero-order valence-electron chi connectivity index (χ0n) is 12.0. The van der Waals surface area contributed by atoms with Gasteiger partial charge in [-0.05, 0) is 36.2 Å². The third-order valence-electron chi connectivity index (χ3n) is 3.19. The lowest BCUT2D eigenvalue weighted by molar-refractivity contribution is 0.224. The topological polar surface area (TPSA) is 9.23 Å². The Hall–Kier alpha value is -1.70. The number of hydrogen-bond donors (Lipinski definition) is 0. The minimum atomic E-state index is -0.704. The first-order valence-electron chi connectivity index (χ1n) is 6.76. The van der Waals surface area contributed by atoms with E-state index < -0.39 is 5.50 Å². The summed E-state index contributed by atoms with van der Waals surface area (Å²) in [6.45, 7) is 7.97. The molecular weight excluding hydrogens is 231 g/mol. The van der Waals surface area contributed by atoms with Gasteiger partial charge in [-0.2, -0.15) is 0 Å². The Morgan fingerprint density at radius 2 is 1.79 bits per heavy atom. The molecule has 1 atom stereocenters. The second kappa shape index (κ2) is 5.12. The van der Waals surface area contributed by atoms with Crippen molar-refractivity contribution in [3.63, 3.8) is 0 Å². The lowest BCUT2D eigenvalue weighted by Gasteiger charge is -2.29. The monoisotopic (exact) mass is 250 g/mol. The van der Waals surface area contributed by atoms with Crippen LogP contribution in [0.15, 0.2) is 36.4 Å². The van der Waals surface area contributed by atoms with Crippen LogP contribution in [-0.4, -0.2) is 13.3 Å². The second-order valence-corrected chi connectivity index (χ2v) is 4.77. The molecule has 2 aromatic rings. The maximum atomic E-state index is 5.96. The minimum Gasteiger partial charge on any atom is -0.493 e. The summed E-state index contributed by atoms with van der Waals surface area (Å²) in [5, 5.41) is 2.48. The van der Waals surface area contributed by atoms with Crippen molar-refractivity contribution in [1.29, 1.82) is 0 Å². The summed E-state index contributed by atoms with van der Waals surface area (Å²) < 4.78 is 5.76. The molecule has 0 aromatic heterocycles. The van der Waals surface area contributed by atoms with Gasteiger partial charge in [-0.1, -0.05) is 50.3 Å². The predicted octanol–water partition coefficient (Wildman–Crippen LogP) is 4.46. The van der Waals surface area contributed by atoms with Gasteiger partial charge in [-0.25, -0.2) is 0 Å². The summed E-state index contributed by atoms with van der Waals surface area (Å²) in [7, 11) is 5.96. The Morgan fingerprint density at radius 3 is 2.53 bits per heavy atom. The van der Waals surface area contributed by atoms with Crippen LogP contribution in [0, 0.1) is 6.92 Å². The van der Waals surface area contributed by atoms with Crippen LogP contribution in [0.3, 0.4) is 0 Å². The summed E-state index contributed by atoms with van der Waals surface area (Å²) >= 11 is 0. The van der Waals surface area contributed by atoms with Gasteiger partial charge in [0.2, 0.25) is 0 Å². The smallest absolute Gasteiger partial charge is 0.137 e. The lowest BCUT2D eigenvalue weighted by Crippen LogP contribution is -2.31. The highest BCUT2D eigenvalue weighted by molar-refractivity contribution is 6.16. The molecule has 0 saturated heterocycles. The third-order valence-corrected chi connectivity index (χ3v) is 3.19. The van der Waals surface area contributed by atoms with E-state index >= 15 is 0 Å². The van der Waals surface area contributed by atoms with E-state index in [2.05, 4.69) is 37.3 Å². The van der Waals surface area contributed by atoms with Crippen molar-refractivity contribution < 1.29 is 4.74 Å². The van der Waals surface area contributed by atoms with Gasteiger partial charge in [0.25, 0.3) is 0 Å². The highest BCUT2D eigenvalue weighted by Gasteiger charge is 2.22. The van der Waals surface area contributed by atoms with Crippen molar-refractivity contribution in [3.05, 3.63) is 47.5 Å². The maximum absolute atomic E-state index is 5.96. The lowest BCUT2D eigenvalue weighted by atomic mass is 9.81. The fraction of sp³-hybridized carbons (Fsp3) is 0.294. The highest BCUT2D eigenvalue weighted by Crippen LogP contribution is 2.35. The fourth-order valence-corrected chi connectivity index (χ4v) is 2.30. The summed E-state index contributed by atoms with van der Waals surface area (Å²) in [4.78, 5) is 0. The number of benzene rings is 2. The molecule has 0 aliphatic carbocycles.